The molecule has 1 N–H and O–H groups in total. The molecule has 0 aliphatic heterocycles. The van der Waals surface area contributed by atoms with Gasteiger partial charge in [0.15, 0.2) is 0 Å². The molecule has 0 unspecified atom stereocenters. The van der Waals surface area contributed by atoms with E-state index in [0.29, 0.717) is 12.2 Å². The van der Waals surface area contributed by atoms with Crippen LogP contribution in [0.2, 0.25) is 0 Å². The molecule has 0 aliphatic rings. The number of alkyl halides is 3. The number of thiazole rings is 1. The van der Waals surface area contributed by atoms with E-state index >= 15 is 0 Å². The zero-order valence-electron chi connectivity index (χ0n) is 10.5. The number of aromatic nitrogens is 1. The minimum atomic E-state index is -4.45. The normalized spacial score (nSPS) is 11.2. The minimum absolute atomic E-state index is 0.0342. The highest BCUT2D eigenvalue weighted by atomic mass is 32.1. The van der Waals surface area contributed by atoms with Crippen molar-refractivity contribution in [3.63, 3.8) is 0 Å². The first-order valence-electron chi connectivity index (χ1n) is 5.66. The Hall–Kier alpha value is -2.07. The Morgan fingerprint density at radius 2 is 2.15 bits per heavy atom. The fourth-order valence-corrected chi connectivity index (χ4v) is 2.33. The third-order valence-corrected chi connectivity index (χ3v) is 3.53. The maximum atomic E-state index is 12.6. The van der Waals surface area contributed by atoms with Gasteiger partial charge in [-0.3, -0.25) is 0 Å². The summed E-state index contributed by atoms with van der Waals surface area (Å²) in [6.45, 7) is 2.23. The van der Waals surface area contributed by atoms with Gasteiger partial charge in [0.25, 0.3) is 0 Å². The lowest BCUT2D eigenvalue weighted by Crippen LogP contribution is -2.07. The quantitative estimate of drug-likeness (QED) is 0.933. The largest absolute Gasteiger partial charge is 0.416 e. The van der Waals surface area contributed by atoms with Gasteiger partial charge >= 0.3 is 6.18 Å². The molecule has 0 spiro atoms. The molecule has 20 heavy (non-hydrogen) atoms. The molecule has 104 valence electrons. The Morgan fingerprint density at radius 3 is 2.70 bits per heavy atom. The molecule has 7 heteroatoms. The number of nitrogens with zero attached hydrogens (tertiary/aromatic N) is 2. The van der Waals surface area contributed by atoms with Crippen LogP contribution in [-0.2, 0) is 12.7 Å². The number of benzene rings is 1. The predicted molar refractivity (Wildman–Crippen MR) is 70.3 cm³/mol. The van der Waals surface area contributed by atoms with Gasteiger partial charge in [-0.1, -0.05) is 0 Å². The standard InChI is InChI=1S/C13H10F3N3S/c1-8-7-20-12(19-8)6-18-11-3-2-10(13(14,15)16)4-9(11)5-17/h2-4,7,18H,6H2,1H3. The first-order chi connectivity index (χ1) is 9.40. The Kier molecular flexibility index (Phi) is 3.95. The number of nitriles is 1. The van der Waals surface area contributed by atoms with Crippen molar-refractivity contribution in [2.24, 2.45) is 0 Å². The molecule has 0 fully saturated rings. The summed E-state index contributed by atoms with van der Waals surface area (Å²) in [7, 11) is 0. The van der Waals surface area contributed by atoms with E-state index in [0.717, 1.165) is 22.8 Å². The fraction of sp³-hybridized carbons (Fsp3) is 0.231. The highest BCUT2D eigenvalue weighted by molar-refractivity contribution is 7.09. The number of halogens is 3. The second-order valence-corrected chi connectivity index (χ2v) is 5.05. The third kappa shape index (κ3) is 3.27. The zero-order chi connectivity index (χ0) is 14.8. The van der Waals surface area contributed by atoms with Gasteiger partial charge < -0.3 is 5.32 Å². The molecule has 0 saturated carbocycles. The Bertz CT molecular complexity index is 656. The number of anilines is 1. The van der Waals surface area contributed by atoms with Crippen LogP contribution in [0.4, 0.5) is 18.9 Å². The van der Waals surface area contributed by atoms with Gasteiger partial charge in [0, 0.05) is 11.1 Å². The van der Waals surface area contributed by atoms with E-state index in [-0.39, 0.29) is 5.56 Å². The molecule has 1 heterocycles. The molecule has 0 saturated heterocycles. The van der Waals surface area contributed by atoms with E-state index in [1.807, 2.05) is 12.3 Å². The van der Waals surface area contributed by atoms with Crippen molar-refractivity contribution in [3.05, 3.63) is 45.4 Å². The van der Waals surface area contributed by atoms with Crippen molar-refractivity contribution in [3.8, 4) is 6.07 Å². The molecule has 1 aromatic carbocycles. The summed E-state index contributed by atoms with van der Waals surface area (Å²) in [5, 5.41) is 14.6. The first kappa shape index (κ1) is 14.3. The van der Waals surface area contributed by atoms with Gasteiger partial charge in [-0.05, 0) is 25.1 Å². The molecule has 3 nitrogen and oxygen atoms in total. The van der Waals surface area contributed by atoms with E-state index in [1.165, 1.54) is 17.4 Å². The second-order valence-electron chi connectivity index (χ2n) is 4.11. The van der Waals surface area contributed by atoms with Crippen molar-refractivity contribution in [1.82, 2.24) is 4.98 Å². The van der Waals surface area contributed by atoms with Crippen molar-refractivity contribution in [1.29, 1.82) is 5.26 Å². The van der Waals surface area contributed by atoms with Crippen LogP contribution in [0.25, 0.3) is 0 Å². The Morgan fingerprint density at radius 1 is 1.40 bits per heavy atom. The van der Waals surface area contributed by atoms with E-state index in [4.69, 9.17) is 5.26 Å². The van der Waals surface area contributed by atoms with Crippen LogP contribution < -0.4 is 5.32 Å². The van der Waals surface area contributed by atoms with Crippen LogP contribution in [0.3, 0.4) is 0 Å². The van der Waals surface area contributed by atoms with Gasteiger partial charge in [0.2, 0.25) is 0 Å². The number of aryl methyl sites for hydroxylation is 1. The van der Waals surface area contributed by atoms with E-state index in [1.54, 1.807) is 6.07 Å². The monoisotopic (exact) mass is 297 g/mol. The molecule has 0 atom stereocenters. The number of hydrogen-bond acceptors (Lipinski definition) is 4. The van der Waals surface area contributed by atoms with Crippen LogP contribution in [0.5, 0.6) is 0 Å². The zero-order valence-corrected chi connectivity index (χ0v) is 11.3. The highest BCUT2D eigenvalue weighted by Gasteiger charge is 2.31. The third-order valence-electron chi connectivity index (χ3n) is 2.56. The molecular formula is C13H10F3N3S. The van der Waals surface area contributed by atoms with Crippen LogP contribution >= 0.6 is 11.3 Å². The van der Waals surface area contributed by atoms with Crippen molar-refractivity contribution in [2.75, 3.05) is 5.32 Å². The van der Waals surface area contributed by atoms with Gasteiger partial charge in [0.05, 0.1) is 23.4 Å². The molecule has 0 bridgehead atoms. The van der Waals surface area contributed by atoms with Crippen molar-refractivity contribution in [2.45, 2.75) is 19.6 Å². The average Bonchev–Trinajstić information content (AvgIpc) is 2.81. The number of rotatable bonds is 3. The maximum absolute atomic E-state index is 12.6. The fourth-order valence-electron chi connectivity index (χ4n) is 1.62. The minimum Gasteiger partial charge on any atom is -0.377 e. The number of hydrogen-bond donors (Lipinski definition) is 1. The topological polar surface area (TPSA) is 48.7 Å². The SMILES string of the molecule is Cc1csc(CNc2ccc(C(F)(F)F)cc2C#N)n1. The van der Waals surface area contributed by atoms with Crippen molar-refractivity contribution < 1.29 is 13.2 Å². The van der Waals surface area contributed by atoms with E-state index < -0.39 is 11.7 Å². The summed E-state index contributed by atoms with van der Waals surface area (Å²) in [6, 6.07) is 4.83. The lowest BCUT2D eigenvalue weighted by atomic mass is 10.1. The molecule has 2 rings (SSSR count). The van der Waals surface area contributed by atoms with E-state index in [2.05, 4.69) is 10.3 Å². The second kappa shape index (κ2) is 5.51. The van der Waals surface area contributed by atoms with Gasteiger partial charge in [-0.2, -0.15) is 18.4 Å². The van der Waals surface area contributed by atoms with E-state index in [9.17, 15) is 13.2 Å². The Labute approximate surface area is 117 Å². The number of nitrogens with one attached hydrogen (secondary N) is 1. The van der Waals surface area contributed by atoms with Crippen LogP contribution in [0.15, 0.2) is 23.6 Å². The van der Waals surface area contributed by atoms with Gasteiger partial charge in [-0.25, -0.2) is 4.98 Å². The molecule has 2 aromatic rings. The molecular weight excluding hydrogens is 287 g/mol. The predicted octanol–water partition coefficient (Wildman–Crippen LogP) is 3.95. The summed E-state index contributed by atoms with van der Waals surface area (Å²) in [6.07, 6.45) is -4.45. The van der Waals surface area contributed by atoms with Crippen LogP contribution in [-0.4, -0.2) is 4.98 Å². The van der Waals surface area contributed by atoms with Gasteiger partial charge in [0.1, 0.15) is 11.1 Å². The first-order valence-corrected chi connectivity index (χ1v) is 6.54. The van der Waals surface area contributed by atoms with Crippen LogP contribution in [0, 0.1) is 18.3 Å². The molecule has 0 radical (unpaired) electrons. The summed E-state index contributed by atoms with van der Waals surface area (Å²) in [4.78, 5) is 4.23. The molecule has 0 amide bonds. The summed E-state index contributed by atoms with van der Waals surface area (Å²) < 4.78 is 37.7. The lowest BCUT2D eigenvalue weighted by Gasteiger charge is -2.10. The van der Waals surface area contributed by atoms with Gasteiger partial charge in [-0.15, -0.1) is 11.3 Å². The van der Waals surface area contributed by atoms with Crippen LogP contribution in [0.1, 0.15) is 21.8 Å². The molecule has 1 aromatic heterocycles. The molecule has 0 aliphatic carbocycles. The summed E-state index contributed by atoms with van der Waals surface area (Å²) >= 11 is 1.45. The smallest absolute Gasteiger partial charge is 0.377 e. The van der Waals surface area contributed by atoms with Crippen molar-refractivity contribution >= 4 is 17.0 Å². The Balaban J connectivity index is 2.18. The summed E-state index contributed by atoms with van der Waals surface area (Å²) in [5.41, 5.74) is 0.394. The highest BCUT2D eigenvalue weighted by Crippen LogP contribution is 2.31. The lowest BCUT2D eigenvalue weighted by molar-refractivity contribution is -0.137. The average molecular weight is 297 g/mol. The maximum Gasteiger partial charge on any atom is 0.416 e. The summed E-state index contributed by atoms with van der Waals surface area (Å²) in [5.74, 6) is 0.